The van der Waals surface area contributed by atoms with Gasteiger partial charge < -0.3 is 19.8 Å². The van der Waals surface area contributed by atoms with Gasteiger partial charge in [0.2, 0.25) is 0 Å². The molecule has 4 aromatic rings. The number of fused-ring (bicyclic) bond motifs is 1. The van der Waals surface area contributed by atoms with Gasteiger partial charge in [0.15, 0.2) is 11.5 Å². The number of hydrogen-bond donors (Lipinski definition) is 2. The first kappa shape index (κ1) is 21.2. The van der Waals surface area contributed by atoms with Gasteiger partial charge >= 0.3 is 0 Å². The quantitative estimate of drug-likeness (QED) is 0.322. The third kappa shape index (κ3) is 5.57. The number of aryl methyl sites for hydroxylation is 1. The van der Waals surface area contributed by atoms with Gasteiger partial charge in [-0.2, -0.15) is 0 Å². The molecule has 0 saturated carbocycles. The normalized spacial score (nSPS) is 11.0. The summed E-state index contributed by atoms with van der Waals surface area (Å²) in [5, 5.41) is 4.11. The van der Waals surface area contributed by atoms with Crippen LogP contribution in [0.3, 0.4) is 0 Å². The highest BCUT2D eigenvalue weighted by Crippen LogP contribution is 2.34. The van der Waals surface area contributed by atoms with Crippen molar-refractivity contribution < 1.29 is 9.47 Å². The Morgan fingerprint density at radius 2 is 1.81 bits per heavy atom. The van der Waals surface area contributed by atoms with E-state index in [1.165, 1.54) is 0 Å². The number of rotatable bonds is 10. The summed E-state index contributed by atoms with van der Waals surface area (Å²) in [6.45, 7) is 1.99. The topological polar surface area (TPSA) is 59.2 Å². The molecule has 0 aliphatic rings. The van der Waals surface area contributed by atoms with Crippen LogP contribution in [0.15, 0.2) is 66.7 Å². The lowest BCUT2D eigenvalue weighted by molar-refractivity contribution is 0.284. The largest absolute Gasteiger partial charge is 0.493 e. The summed E-state index contributed by atoms with van der Waals surface area (Å²) in [7, 11) is 1.64. The van der Waals surface area contributed by atoms with Gasteiger partial charge in [0.25, 0.3) is 0 Å². The number of hydrogen-bond acceptors (Lipinski definition) is 4. The predicted octanol–water partition coefficient (Wildman–Crippen LogP) is 5.53. The number of H-pyrrole nitrogens is 1. The van der Waals surface area contributed by atoms with Gasteiger partial charge in [0, 0.05) is 24.1 Å². The minimum absolute atomic E-state index is 0.465. The molecule has 0 radical (unpaired) electrons. The Hall–Kier alpha value is -3.02. The molecule has 3 aromatic carbocycles. The van der Waals surface area contributed by atoms with E-state index in [0.29, 0.717) is 29.7 Å². The number of methoxy groups -OCH3 is 1. The zero-order chi connectivity index (χ0) is 21.5. The third-order valence-electron chi connectivity index (χ3n) is 5.09. The lowest BCUT2D eigenvalue weighted by Crippen LogP contribution is -2.16. The van der Waals surface area contributed by atoms with E-state index in [4.69, 9.17) is 21.1 Å². The molecule has 160 valence electrons. The molecular formula is C25H26ClN3O2. The molecule has 5 nitrogen and oxygen atoms in total. The van der Waals surface area contributed by atoms with Crippen molar-refractivity contribution in [1.29, 1.82) is 0 Å². The highest BCUT2D eigenvalue weighted by molar-refractivity contribution is 6.31. The second-order valence-corrected chi connectivity index (χ2v) is 7.76. The minimum atomic E-state index is 0.465. The fourth-order valence-corrected chi connectivity index (χ4v) is 3.67. The zero-order valence-corrected chi connectivity index (χ0v) is 18.3. The third-order valence-corrected chi connectivity index (χ3v) is 5.44. The van der Waals surface area contributed by atoms with Crippen LogP contribution in [-0.4, -0.2) is 23.6 Å². The van der Waals surface area contributed by atoms with Crippen LogP contribution in [-0.2, 0) is 19.6 Å². The molecule has 2 N–H and O–H groups in total. The van der Waals surface area contributed by atoms with Gasteiger partial charge in [0.1, 0.15) is 12.4 Å². The van der Waals surface area contributed by atoms with E-state index in [2.05, 4.69) is 15.3 Å². The minimum Gasteiger partial charge on any atom is -0.493 e. The first-order chi connectivity index (χ1) is 15.2. The molecule has 0 amide bonds. The number of benzene rings is 3. The van der Waals surface area contributed by atoms with Crippen LogP contribution >= 0.6 is 11.6 Å². The van der Waals surface area contributed by atoms with Gasteiger partial charge in [0.05, 0.1) is 18.1 Å². The summed E-state index contributed by atoms with van der Waals surface area (Å²) >= 11 is 6.50. The number of ether oxygens (including phenoxy) is 2. The Morgan fingerprint density at radius 1 is 1.00 bits per heavy atom. The number of aromatic amines is 1. The number of halogens is 1. The van der Waals surface area contributed by atoms with Gasteiger partial charge in [-0.05, 0) is 42.3 Å². The maximum atomic E-state index is 6.50. The molecule has 6 heteroatoms. The van der Waals surface area contributed by atoms with E-state index in [-0.39, 0.29) is 0 Å². The second kappa shape index (κ2) is 10.3. The molecule has 0 atom stereocenters. The fraction of sp³-hybridized carbons (Fsp3) is 0.240. The summed E-state index contributed by atoms with van der Waals surface area (Å²) in [5.74, 6) is 2.34. The Morgan fingerprint density at radius 3 is 2.61 bits per heavy atom. The summed E-state index contributed by atoms with van der Waals surface area (Å²) in [6.07, 6.45) is 1.87. The average Bonchev–Trinajstić information content (AvgIpc) is 3.22. The van der Waals surface area contributed by atoms with Crippen molar-refractivity contribution in [1.82, 2.24) is 15.3 Å². The molecule has 0 aliphatic heterocycles. The summed E-state index contributed by atoms with van der Waals surface area (Å²) < 4.78 is 11.4. The Bertz CT molecular complexity index is 1100. The molecule has 1 aromatic heterocycles. The number of imidazole rings is 1. The number of aromatic nitrogens is 2. The molecule has 1 heterocycles. The standard InChI is InChI=1S/C25H26ClN3O2/c1-30-23-14-19(20(26)15-24(23)31-17-18-8-3-2-4-9-18)16-27-13-7-12-25-28-21-10-5-6-11-22(21)29-25/h2-6,8-11,14-15,27H,7,12-13,16-17H2,1H3,(H,28,29). The van der Waals surface area contributed by atoms with E-state index in [9.17, 15) is 0 Å². The van der Waals surface area contributed by atoms with Crippen LogP contribution < -0.4 is 14.8 Å². The Labute approximate surface area is 187 Å². The van der Waals surface area contributed by atoms with E-state index >= 15 is 0 Å². The molecule has 31 heavy (non-hydrogen) atoms. The summed E-state index contributed by atoms with van der Waals surface area (Å²) in [6, 6.07) is 21.9. The van der Waals surface area contributed by atoms with Crippen LogP contribution in [0.5, 0.6) is 11.5 Å². The van der Waals surface area contributed by atoms with Crippen molar-refractivity contribution in [2.24, 2.45) is 0 Å². The van der Waals surface area contributed by atoms with Gasteiger partial charge in [-0.3, -0.25) is 0 Å². The van der Waals surface area contributed by atoms with Crippen molar-refractivity contribution in [2.45, 2.75) is 26.0 Å². The van der Waals surface area contributed by atoms with Crippen LogP contribution in [0.25, 0.3) is 11.0 Å². The number of nitrogens with zero attached hydrogens (tertiary/aromatic N) is 1. The molecule has 0 aliphatic carbocycles. The maximum absolute atomic E-state index is 6.50. The molecule has 0 unspecified atom stereocenters. The van der Waals surface area contributed by atoms with Crippen molar-refractivity contribution >= 4 is 22.6 Å². The van der Waals surface area contributed by atoms with Crippen LogP contribution in [0.1, 0.15) is 23.4 Å². The molecule has 0 spiro atoms. The maximum Gasteiger partial charge on any atom is 0.163 e. The zero-order valence-electron chi connectivity index (χ0n) is 17.5. The highest BCUT2D eigenvalue weighted by Gasteiger charge is 2.11. The summed E-state index contributed by atoms with van der Waals surface area (Å²) in [5.41, 5.74) is 4.17. The number of nitrogens with one attached hydrogen (secondary N) is 2. The molecule has 0 bridgehead atoms. The van der Waals surface area contributed by atoms with Gasteiger partial charge in [-0.1, -0.05) is 54.1 Å². The monoisotopic (exact) mass is 435 g/mol. The van der Waals surface area contributed by atoms with Crippen molar-refractivity contribution in [2.75, 3.05) is 13.7 Å². The molecular weight excluding hydrogens is 410 g/mol. The second-order valence-electron chi connectivity index (χ2n) is 7.35. The average molecular weight is 436 g/mol. The van der Waals surface area contributed by atoms with Gasteiger partial charge in [-0.15, -0.1) is 0 Å². The molecule has 0 fully saturated rings. The SMILES string of the molecule is COc1cc(CNCCCc2nc3ccccc3[nH]2)c(Cl)cc1OCc1ccccc1. The first-order valence-corrected chi connectivity index (χ1v) is 10.8. The lowest BCUT2D eigenvalue weighted by Gasteiger charge is -2.14. The van der Waals surface area contributed by atoms with E-state index in [1.54, 1.807) is 7.11 Å². The molecule has 4 rings (SSSR count). The van der Waals surface area contributed by atoms with Crippen LogP contribution in [0, 0.1) is 0 Å². The molecule has 0 saturated heterocycles. The van der Waals surface area contributed by atoms with E-state index in [0.717, 1.165) is 47.4 Å². The van der Waals surface area contributed by atoms with Crippen molar-refractivity contribution in [3.63, 3.8) is 0 Å². The number of para-hydroxylation sites is 2. The lowest BCUT2D eigenvalue weighted by atomic mass is 10.2. The van der Waals surface area contributed by atoms with Crippen molar-refractivity contribution in [3.05, 3.63) is 88.7 Å². The van der Waals surface area contributed by atoms with Crippen LogP contribution in [0.2, 0.25) is 5.02 Å². The first-order valence-electron chi connectivity index (χ1n) is 10.4. The fourth-order valence-electron chi connectivity index (χ4n) is 3.45. The highest BCUT2D eigenvalue weighted by atomic mass is 35.5. The summed E-state index contributed by atoms with van der Waals surface area (Å²) in [4.78, 5) is 7.99. The predicted molar refractivity (Wildman–Crippen MR) is 125 cm³/mol. The Kier molecular flexibility index (Phi) is 7.07. The van der Waals surface area contributed by atoms with Gasteiger partial charge in [-0.25, -0.2) is 4.98 Å². The van der Waals surface area contributed by atoms with Crippen LogP contribution in [0.4, 0.5) is 0 Å². The van der Waals surface area contributed by atoms with Crippen molar-refractivity contribution in [3.8, 4) is 11.5 Å². The Balaban J connectivity index is 1.28. The van der Waals surface area contributed by atoms with E-state index < -0.39 is 0 Å². The van der Waals surface area contributed by atoms with E-state index in [1.807, 2.05) is 66.7 Å². The smallest absolute Gasteiger partial charge is 0.163 e.